The van der Waals surface area contributed by atoms with Crippen LogP contribution >= 0.6 is 0 Å². The minimum Gasteiger partial charge on any atom is -0.508 e. The van der Waals surface area contributed by atoms with Gasteiger partial charge in [-0.2, -0.15) is 0 Å². The summed E-state index contributed by atoms with van der Waals surface area (Å²) in [6.07, 6.45) is -17.1. The Hall–Kier alpha value is -3.73. The largest absolute Gasteiger partial charge is 0.508 e. The van der Waals surface area contributed by atoms with E-state index in [0.29, 0.717) is 5.56 Å². The minimum absolute atomic E-state index is 0.0818. The first-order valence-corrected chi connectivity index (χ1v) is 17.7. The lowest BCUT2D eigenvalue weighted by Gasteiger charge is -2.48. The van der Waals surface area contributed by atoms with E-state index in [4.69, 9.17) is 33.2 Å². The monoisotopic (exact) mass is 780 g/mol. The van der Waals surface area contributed by atoms with Crippen molar-refractivity contribution >= 4 is 18.1 Å². The third kappa shape index (κ3) is 10.2. The van der Waals surface area contributed by atoms with Gasteiger partial charge in [-0.05, 0) is 54.8 Å². The van der Waals surface area contributed by atoms with Crippen molar-refractivity contribution in [2.24, 2.45) is 0 Å². The van der Waals surface area contributed by atoms with Crippen molar-refractivity contribution in [1.82, 2.24) is 0 Å². The number of phenolic OH excluding ortho intramolecular Hbond substituents is 3. The third-order valence-electron chi connectivity index (χ3n) is 9.45. The Morgan fingerprint density at radius 2 is 1.33 bits per heavy atom. The predicted octanol–water partition coefficient (Wildman–Crippen LogP) is -1.01. The molecule has 304 valence electrons. The summed E-state index contributed by atoms with van der Waals surface area (Å²) >= 11 is 0. The van der Waals surface area contributed by atoms with Crippen LogP contribution in [0.3, 0.4) is 0 Å². The van der Waals surface area contributed by atoms with Gasteiger partial charge in [0.25, 0.3) is 0 Å². The Morgan fingerprint density at radius 1 is 0.691 bits per heavy atom. The highest BCUT2D eigenvalue weighted by Crippen LogP contribution is 2.34. The summed E-state index contributed by atoms with van der Waals surface area (Å²) in [4.78, 5) is 13.1. The molecule has 0 aliphatic carbocycles. The number of hydrogen-bond donors (Lipinski definition) is 10. The van der Waals surface area contributed by atoms with Crippen molar-refractivity contribution in [2.75, 3.05) is 13.2 Å². The quantitative estimate of drug-likeness (QED) is 0.0662. The number of phenols is 3. The molecule has 3 saturated heterocycles. The molecule has 0 spiro atoms. The average Bonchev–Trinajstić information content (AvgIpc) is 3.17. The molecule has 3 fully saturated rings. The smallest absolute Gasteiger partial charge is 0.331 e. The van der Waals surface area contributed by atoms with Gasteiger partial charge in [-0.3, -0.25) is 0 Å². The first-order valence-electron chi connectivity index (χ1n) is 17.7. The molecule has 0 saturated carbocycles. The first kappa shape index (κ1) is 42.4. The van der Waals surface area contributed by atoms with Crippen LogP contribution in [0.15, 0.2) is 54.6 Å². The number of carbonyl (C=O) groups excluding carboxylic acids is 1. The predicted molar refractivity (Wildman–Crippen MR) is 187 cm³/mol. The van der Waals surface area contributed by atoms with Crippen LogP contribution in [0.1, 0.15) is 31.4 Å². The van der Waals surface area contributed by atoms with Crippen LogP contribution in [0.25, 0.3) is 12.2 Å². The normalized spacial score (nSPS) is 37.0. The van der Waals surface area contributed by atoms with Gasteiger partial charge in [-0.1, -0.05) is 37.3 Å². The second kappa shape index (κ2) is 18.9. The maximum Gasteiger partial charge on any atom is 0.331 e. The fourth-order valence-electron chi connectivity index (χ4n) is 6.36. The van der Waals surface area contributed by atoms with Crippen molar-refractivity contribution in [2.45, 2.75) is 112 Å². The topological polar surface area (TPSA) is 284 Å². The van der Waals surface area contributed by atoms with Crippen LogP contribution in [0.5, 0.6) is 17.2 Å². The Morgan fingerprint density at radius 3 is 2.00 bits per heavy atom. The van der Waals surface area contributed by atoms with Crippen LogP contribution in [0.2, 0.25) is 0 Å². The molecule has 2 aromatic carbocycles. The van der Waals surface area contributed by atoms with E-state index in [1.54, 1.807) is 31.2 Å². The fraction of sp³-hybridized carbons (Fsp3) is 0.541. The molecule has 18 heteroatoms. The van der Waals surface area contributed by atoms with Gasteiger partial charge >= 0.3 is 5.97 Å². The molecule has 3 aliphatic heterocycles. The molecule has 0 radical (unpaired) electrons. The van der Waals surface area contributed by atoms with E-state index < -0.39 is 110 Å². The van der Waals surface area contributed by atoms with E-state index in [1.165, 1.54) is 43.3 Å². The van der Waals surface area contributed by atoms with E-state index in [1.807, 2.05) is 0 Å². The first-order chi connectivity index (χ1) is 26.2. The summed E-state index contributed by atoms with van der Waals surface area (Å²) < 4.78 is 40.3. The second-order valence-electron chi connectivity index (χ2n) is 13.3. The summed E-state index contributed by atoms with van der Waals surface area (Å²) in [5, 5.41) is 104. The molecule has 2 aromatic rings. The van der Waals surface area contributed by atoms with Gasteiger partial charge < -0.3 is 84.2 Å². The van der Waals surface area contributed by atoms with Crippen LogP contribution in [0, 0.1) is 0 Å². The van der Waals surface area contributed by atoms with E-state index in [0.717, 1.165) is 11.6 Å². The average molecular weight is 781 g/mol. The number of aliphatic hydroxyl groups is 7. The lowest BCUT2D eigenvalue weighted by atomic mass is 9.95. The summed E-state index contributed by atoms with van der Waals surface area (Å²) in [7, 11) is 0. The van der Waals surface area contributed by atoms with E-state index in [-0.39, 0.29) is 24.5 Å². The summed E-state index contributed by atoms with van der Waals surface area (Å²) in [6, 6.07) is 10.1. The zero-order valence-electron chi connectivity index (χ0n) is 29.9. The Kier molecular flexibility index (Phi) is 14.6. The summed E-state index contributed by atoms with van der Waals surface area (Å²) in [5.74, 6) is -1.73. The molecule has 3 heterocycles. The SMILES string of the molecule is CCC1OC(OC2C(C)OC(OC3C(O)C(OCC=Cc4ccc(O)cc4)OC(CO)C3OC(=O)C=Cc3ccc(O)c(O)c3)C(O)C2O)C(O)C(O)C1O. The molecule has 0 bridgehead atoms. The van der Waals surface area contributed by atoms with Gasteiger partial charge in [-0.15, -0.1) is 0 Å². The van der Waals surface area contributed by atoms with E-state index in [2.05, 4.69) is 0 Å². The molecule has 0 amide bonds. The maximum absolute atomic E-state index is 13.1. The van der Waals surface area contributed by atoms with Gasteiger partial charge in [0.05, 0.1) is 25.4 Å². The van der Waals surface area contributed by atoms with Crippen LogP contribution in [0.4, 0.5) is 0 Å². The highest BCUT2D eigenvalue weighted by Gasteiger charge is 2.54. The van der Waals surface area contributed by atoms with Crippen molar-refractivity contribution in [3.8, 4) is 17.2 Å². The van der Waals surface area contributed by atoms with E-state index >= 15 is 0 Å². The van der Waals surface area contributed by atoms with Crippen molar-refractivity contribution in [1.29, 1.82) is 0 Å². The highest BCUT2D eigenvalue weighted by atomic mass is 16.8. The molecule has 15 atom stereocenters. The number of rotatable bonds is 13. The molecule has 5 rings (SSSR count). The number of hydrogen-bond acceptors (Lipinski definition) is 18. The van der Waals surface area contributed by atoms with Gasteiger partial charge in [0.15, 0.2) is 36.5 Å². The van der Waals surface area contributed by atoms with Crippen LogP contribution in [-0.4, -0.2) is 162 Å². The molecule has 0 aromatic heterocycles. The van der Waals surface area contributed by atoms with Gasteiger partial charge in [0.2, 0.25) is 0 Å². The van der Waals surface area contributed by atoms with Crippen LogP contribution in [-0.2, 0) is 38.0 Å². The molecule has 15 unspecified atom stereocenters. The van der Waals surface area contributed by atoms with Crippen molar-refractivity contribution < 1.29 is 89.0 Å². The summed E-state index contributed by atoms with van der Waals surface area (Å²) in [6.45, 7) is 2.23. The van der Waals surface area contributed by atoms with Gasteiger partial charge in [0, 0.05) is 6.08 Å². The maximum atomic E-state index is 13.1. The Bertz CT molecular complexity index is 1600. The third-order valence-corrected chi connectivity index (χ3v) is 9.45. The van der Waals surface area contributed by atoms with Gasteiger partial charge in [-0.25, -0.2) is 4.79 Å². The molecular weight excluding hydrogens is 732 g/mol. The highest BCUT2D eigenvalue weighted by molar-refractivity contribution is 5.87. The molecule has 55 heavy (non-hydrogen) atoms. The Labute approximate surface area is 315 Å². The minimum atomic E-state index is -1.90. The number of carbonyl (C=O) groups is 1. The Balaban J connectivity index is 1.33. The number of benzene rings is 2. The van der Waals surface area contributed by atoms with E-state index in [9.17, 15) is 55.9 Å². The standard InChI is InChI=1S/C37H48O18/c1-3-23-26(43)27(44)29(46)37(51-23)54-32-17(2)50-36(30(47)28(32)45)55-34-31(48)35(49-14-4-5-18-6-10-20(39)11-7-18)52-24(16-38)33(34)53-25(42)13-9-19-8-12-21(40)22(41)15-19/h4-13,15,17,23-24,26-41,43-48H,3,14,16H2,1-2H3. The number of aromatic hydroxyl groups is 3. The van der Waals surface area contributed by atoms with Gasteiger partial charge in [0.1, 0.15) is 60.7 Å². The lowest BCUT2D eigenvalue weighted by Crippen LogP contribution is -2.66. The number of ether oxygens (including phenoxy) is 7. The number of aliphatic hydroxyl groups excluding tert-OH is 7. The van der Waals surface area contributed by atoms with Crippen LogP contribution < -0.4 is 0 Å². The number of esters is 1. The molecular formula is C37H48O18. The van der Waals surface area contributed by atoms with Crippen molar-refractivity contribution in [3.05, 3.63) is 65.7 Å². The zero-order chi connectivity index (χ0) is 40.0. The molecule has 18 nitrogen and oxygen atoms in total. The molecule has 3 aliphatic rings. The molecule has 10 N–H and O–H groups in total. The lowest BCUT2D eigenvalue weighted by molar-refractivity contribution is -0.375. The summed E-state index contributed by atoms with van der Waals surface area (Å²) in [5.41, 5.74) is 1.04. The second-order valence-corrected chi connectivity index (χ2v) is 13.3. The van der Waals surface area contributed by atoms with Crippen molar-refractivity contribution in [3.63, 3.8) is 0 Å². The zero-order valence-corrected chi connectivity index (χ0v) is 29.9. The fourth-order valence-corrected chi connectivity index (χ4v) is 6.36.